The molecule has 0 saturated carbocycles. The summed E-state index contributed by atoms with van der Waals surface area (Å²) >= 11 is 0. The Hall–Kier alpha value is -2.79. The van der Waals surface area contributed by atoms with Crippen molar-refractivity contribution in [3.63, 3.8) is 0 Å². The molecule has 2 aromatic rings. The van der Waals surface area contributed by atoms with E-state index in [0.29, 0.717) is 17.1 Å². The molecule has 5 heteroatoms. The van der Waals surface area contributed by atoms with Crippen molar-refractivity contribution in [2.24, 2.45) is 0 Å². The summed E-state index contributed by atoms with van der Waals surface area (Å²) in [6.07, 6.45) is 0.172. The third-order valence-electron chi connectivity index (χ3n) is 4.36. The van der Waals surface area contributed by atoms with Crippen LogP contribution in [0.15, 0.2) is 54.1 Å². The Bertz CT molecular complexity index is 864. The van der Waals surface area contributed by atoms with E-state index in [-0.39, 0.29) is 6.42 Å². The summed E-state index contributed by atoms with van der Waals surface area (Å²) in [4.78, 5) is 12.2. The number of carbonyl (C=O) groups is 1. The lowest BCUT2D eigenvalue weighted by molar-refractivity contribution is -0.156. The summed E-state index contributed by atoms with van der Waals surface area (Å²) < 4.78 is 17.0. The normalized spacial score (nSPS) is 17.0. The monoisotopic (exact) mass is 382 g/mol. The number of aliphatic hydroxyl groups is 1. The number of esters is 1. The lowest BCUT2D eigenvalue weighted by Gasteiger charge is -2.31. The van der Waals surface area contributed by atoms with Crippen molar-refractivity contribution in [2.45, 2.75) is 45.0 Å². The van der Waals surface area contributed by atoms with E-state index < -0.39 is 23.8 Å². The van der Waals surface area contributed by atoms with Gasteiger partial charge in [0.05, 0.1) is 19.6 Å². The van der Waals surface area contributed by atoms with Crippen LogP contribution >= 0.6 is 0 Å². The fraction of sp³-hybridized carbons (Fsp3) is 0.348. The summed E-state index contributed by atoms with van der Waals surface area (Å²) in [5.41, 5.74) is 1.68. The quantitative estimate of drug-likeness (QED) is 0.781. The highest BCUT2D eigenvalue weighted by atomic mass is 16.6. The van der Waals surface area contributed by atoms with E-state index in [4.69, 9.17) is 14.2 Å². The highest BCUT2D eigenvalue weighted by Crippen LogP contribution is 2.43. The van der Waals surface area contributed by atoms with Crippen LogP contribution in [0, 0.1) is 0 Å². The summed E-state index contributed by atoms with van der Waals surface area (Å²) in [6, 6.07) is 15.2. The SMILES string of the molecule is COc1cccc2c1O[C@@H](c1ccccc1)C([C@H](O)CC(=O)OC(C)(C)C)=C2. The first-order valence-corrected chi connectivity index (χ1v) is 9.28. The van der Waals surface area contributed by atoms with Crippen LogP contribution in [0.25, 0.3) is 6.08 Å². The van der Waals surface area contributed by atoms with Crippen LogP contribution in [0.5, 0.6) is 11.5 Å². The molecule has 0 unspecified atom stereocenters. The minimum Gasteiger partial charge on any atom is -0.493 e. The number of hydrogen-bond donors (Lipinski definition) is 1. The van der Waals surface area contributed by atoms with Crippen molar-refractivity contribution in [1.82, 2.24) is 0 Å². The van der Waals surface area contributed by atoms with E-state index >= 15 is 0 Å². The van der Waals surface area contributed by atoms with Crippen molar-refractivity contribution < 1.29 is 24.1 Å². The molecule has 0 amide bonds. The molecule has 148 valence electrons. The first kappa shape index (κ1) is 20.0. The van der Waals surface area contributed by atoms with Crippen molar-refractivity contribution >= 4 is 12.0 Å². The zero-order valence-corrected chi connectivity index (χ0v) is 16.6. The Balaban J connectivity index is 1.96. The van der Waals surface area contributed by atoms with Crippen LogP contribution in [-0.2, 0) is 9.53 Å². The molecule has 0 aliphatic carbocycles. The van der Waals surface area contributed by atoms with Crippen LogP contribution in [-0.4, -0.2) is 29.9 Å². The van der Waals surface area contributed by atoms with Crippen LogP contribution in [0.3, 0.4) is 0 Å². The van der Waals surface area contributed by atoms with Gasteiger partial charge < -0.3 is 19.3 Å². The minimum absolute atomic E-state index is 0.144. The van der Waals surface area contributed by atoms with E-state index in [0.717, 1.165) is 11.1 Å². The van der Waals surface area contributed by atoms with Gasteiger partial charge in [0.25, 0.3) is 0 Å². The number of carbonyl (C=O) groups excluding carboxylic acids is 1. The molecular weight excluding hydrogens is 356 g/mol. The van der Waals surface area contributed by atoms with Gasteiger partial charge in [-0.1, -0.05) is 42.5 Å². The zero-order valence-electron chi connectivity index (χ0n) is 16.6. The van der Waals surface area contributed by atoms with Gasteiger partial charge in [-0.25, -0.2) is 0 Å². The molecule has 3 rings (SSSR count). The second kappa shape index (κ2) is 8.07. The standard InChI is InChI=1S/C23H26O5/c1-23(2,3)28-20(25)14-18(24)17-13-16-11-8-12-19(26-4)22(16)27-21(17)15-9-6-5-7-10-15/h5-13,18,21,24H,14H2,1-4H3/t18-,21+/m1/s1. The van der Waals surface area contributed by atoms with Gasteiger partial charge in [0.1, 0.15) is 11.7 Å². The molecule has 0 saturated heterocycles. The van der Waals surface area contributed by atoms with Crippen LogP contribution in [0.2, 0.25) is 0 Å². The number of benzene rings is 2. The fourth-order valence-corrected chi connectivity index (χ4v) is 3.19. The maximum absolute atomic E-state index is 12.2. The van der Waals surface area contributed by atoms with E-state index in [2.05, 4.69) is 0 Å². The topological polar surface area (TPSA) is 65.0 Å². The van der Waals surface area contributed by atoms with Crippen molar-refractivity contribution in [3.05, 3.63) is 65.2 Å². The molecule has 0 radical (unpaired) electrons. The van der Waals surface area contributed by atoms with Gasteiger partial charge in [-0.15, -0.1) is 0 Å². The second-order valence-corrected chi connectivity index (χ2v) is 7.74. The van der Waals surface area contributed by atoms with Gasteiger partial charge in [-0.2, -0.15) is 0 Å². The number of ether oxygens (including phenoxy) is 3. The van der Waals surface area contributed by atoms with E-state index in [9.17, 15) is 9.90 Å². The Kier molecular flexibility index (Phi) is 5.75. The van der Waals surface area contributed by atoms with Gasteiger partial charge in [-0.3, -0.25) is 4.79 Å². The van der Waals surface area contributed by atoms with Gasteiger partial charge in [0, 0.05) is 11.1 Å². The molecule has 1 aliphatic rings. The number of aliphatic hydroxyl groups excluding tert-OH is 1. The molecule has 1 aliphatic heterocycles. The third-order valence-corrected chi connectivity index (χ3v) is 4.36. The van der Waals surface area contributed by atoms with Gasteiger partial charge in [-0.05, 0) is 38.5 Å². The van der Waals surface area contributed by atoms with Gasteiger partial charge >= 0.3 is 5.97 Å². The fourth-order valence-electron chi connectivity index (χ4n) is 3.19. The predicted octanol–water partition coefficient (Wildman–Crippen LogP) is 4.31. The molecule has 2 aromatic carbocycles. The Morgan fingerprint density at radius 1 is 1.14 bits per heavy atom. The lowest BCUT2D eigenvalue weighted by Crippen LogP contribution is -2.30. The third kappa shape index (κ3) is 4.54. The van der Waals surface area contributed by atoms with Crippen LogP contribution in [0.1, 0.15) is 44.4 Å². The minimum atomic E-state index is -1.03. The Labute approximate surface area is 165 Å². The van der Waals surface area contributed by atoms with E-state index in [1.54, 1.807) is 27.9 Å². The zero-order chi connectivity index (χ0) is 20.3. The first-order valence-electron chi connectivity index (χ1n) is 9.28. The molecular formula is C23H26O5. The molecule has 0 aromatic heterocycles. The number of rotatable bonds is 5. The first-order chi connectivity index (χ1) is 13.3. The van der Waals surface area contributed by atoms with Crippen LogP contribution < -0.4 is 9.47 Å². The predicted molar refractivity (Wildman–Crippen MR) is 107 cm³/mol. The van der Waals surface area contributed by atoms with Crippen molar-refractivity contribution in [3.8, 4) is 11.5 Å². The molecule has 1 N–H and O–H groups in total. The van der Waals surface area contributed by atoms with E-state index in [1.165, 1.54) is 0 Å². The average Bonchev–Trinajstić information content (AvgIpc) is 2.65. The number of fused-ring (bicyclic) bond motifs is 1. The molecule has 0 spiro atoms. The number of hydrogen-bond acceptors (Lipinski definition) is 5. The molecule has 0 bridgehead atoms. The highest BCUT2D eigenvalue weighted by Gasteiger charge is 2.32. The maximum atomic E-state index is 12.2. The largest absolute Gasteiger partial charge is 0.493 e. The van der Waals surface area contributed by atoms with E-state index in [1.807, 2.05) is 54.6 Å². The number of para-hydroxylation sites is 1. The Morgan fingerprint density at radius 3 is 2.50 bits per heavy atom. The summed E-state index contributed by atoms with van der Waals surface area (Å²) in [5.74, 6) is 0.784. The molecule has 2 atom stereocenters. The maximum Gasteiger partial charge on any atom is 0.309 e. The highest BCUT2D eigenvalue weighted by molar-refractivity contribution is 5.73. The summed E-state index contributed by atoms with van der Waals surface area (Å²) in [7, 11) is 1.59. The van der Waals surface area contributed by atoms with Gasteiger partial charge in [0.2, 0.25) is 0 Å². The Morgan fingerprint density at radius 2 is 1.86 bits per heavy atom. The smallest absolute Gasteiger partial charge is 0.309 e. The van der Waals surface area contributed by atoms with Crippen molar-refractivity contribution in [2.75, 3.05) is 7.11 Å². The van der Waals surface area contributed by atoms with Crippen LogP contribution in [0.4, 0.5) is 0 Å². The summed E-state index contributed by atoms with van der Waals surface area (Å²) in [6.45, 7) is 5.40. The molecule has 5 nitrogen and oxygen atoms in total. The summed E-state index contributed by atoms with van der Waals surface area (Å²) in [5, 5.41) is 10.8. The molecule has 1 heterocycles. The molecule has 28 heavy (non-hydrogen) atoms. The lowest BCUT2D eigenvalue weighted by atomic mass is 9.91. The van der Waals surface area contributed by atoms with Crippen molar-refractivity contribution in [1.29, 1.82) is 0 Å². The second-order valence-electron chi connectivity index (χ2n) is 7.74. The molecule has 0 fully saturated rings. The number of methoxy groups -OCH3 is 1. The average molecular weight is 382 g/mol. The van der Waals surface area contributed by atoms with Gasteiger partial charge in [0.15, 0.2) is 11.5 Å².